The summed E-state index contributed by atoms with van der Waals surface area (Å²) in [6, 6.07) is 1.86. The fourth-order valence-corrected chi connectivity index (χ4v) is 1.32. The maximum Gasteiger partial charge on any atom is 0.305 e. The van der Waals surface area contributed by atoms with Crippen LogP contribution in [0.2, 0.25) is 0 Å². The third kappa shape index (κ3) is 4.72. The molecule has 5 nitrogen and oxygen atoms in total. The lowest BCUT2D eigenvalue weighted by atomic mass is 10.1. The molecule has 0 bridgehead atoms. The average Bonchev–Trinajstić information content (AvgIpc) is 2.16. The molecule has 2 N–H and O–H groups in total. The molecule has 88 valence electrons. The molecule has 0 aromatic carbocycles. The lowest BCUT2D eigenvalue weighted by Gasteiger charge is -2.07. The van der Waals surface area contributed by atoms with Crippen molar-refractivity contribution in [1.82, 2.24) is 9.97 Å². The van der Waals surface area contributed by atoms with Gasteiger partial charge in [-0.25, -0.2) is 9.97 Å². The van der Waals surface area contributed by atoms with Crippen LogP contribution >= 0.6 is 0 Å². The molecule has 0 unspecified atom stereocenters. The van der Waals surface area contributed by atoms with Crippen LogP contribution in [0.1, 0.15) is 26.0 Å². The summed E-state index contributed by atoms with van der Waals surface area (Å²) >= 11 is 0. The van der Waals surface area contributed by atoms with Gasteiger partial charge in [0, 0.05) is 18.3 Å². The highest BCUT2D eigenvalue weighted by molar-refractivity contribution is 5.67. The second kappa shape index (κ2) is 6.05. The number of nitrogens with one attached hydrogen (secondary N) is 1. The highest BCUT2D eigenvalue weighted by Gasteiger charge is 2.02. The third-order valence-electron chi connectivity index (χ3n) is 1.99. The Kier molecular flexibility index (Phi) is 4.69. The Balaban J connectivity index is 2.50. The summed E-state index contributed by atoms with van der Waals surface area (Å²) in [7, 11) is 0. The van der Waals surface area contributed by atoms with Crippen LogP contribution in [0, 0.1) is 5.92 Å². The molecule has 0 saturated heterocycles. The molecule has 0 aliphatic rings. The first kappa shape index (κ1) is 12.4. The molecule has 0 amide bonds. The van der Waals surface area contributed by atoms with Crippen LogP contribution in [0.25, 0.3) is 0 Å². The number of anilines is 1. The molecular weight excluding hydrogens is 206 g/mol. The quantitative estimate of drug-likeness (QED) is 0.765. The van der Waals surface area contributed by atoms with E-state index in [-0.39, 0.29) is 6.42 Å². The van der Waals surface area contributed by atoms with Gasteiger partial charge in [0.05, 0.1) is 6.42 Å². The number of carbonyl (C=O) groups is 1. The van der Waals surface area contributed by atoms with Gasteiger partial charge >= 0.3 is 5.97 Å². The SMILES string of the molecule is CC(C)Cc1cc(NCCC(=O)O)ncn1. The van der Waals surface area contributed by atoms with Crippen molar-refractivity contribution in [1.29, 1.82) is 0 Å². The molecular formula is C11H17N3O2. The van der Waals surface area contributed by atoms with E-state index >= 15 is 0 Å². The molecule has 1 aromatic heterocycles. The van der Waals surface area contributed by atoms with Gasteiger partial charge in [0.2, 0.25) is 0 Å². The molecule has 0 aliphatic carbocycles. The van der Waals surface area contributed by atoms with Gasteiger partial charge in [-0.05, 0) is 12.3 Å². The van der Waals surface area contributed by atoms with Gasteiger partial charge in [-0.2, -0.15) is 0 Å². The molecule has 0 spiro atoms. The van der Waals surface area contributed by atoms with Gasteiger partial charge < -0.3 is 10.4 Å². The van der Waals surface area contributed by atoms with Crippen molar-refractivity contribution in [3.8, 4) is 0 Å². The number of hydrogen-bond acceptors (Lipinski definition) is 4. The summed E-state index contributed by atoms with van der Waals surface area (Å²) in [5.74, 6) is 0.414. The molecule has 0 atom stereocenters. The summed E-state index contributed by atoms with van der Waals surface area (Å²) in [4.78, 5) is 18.5. The molecule has 0 radical (unpaired) electrons. The standard InChI is InChI=1S/C11H17N3O2/c1-8(2)5-9-6-10(14-7-13-9)12-4-3-11(15)16/h6-8H,3-5H2,1-2H3,(H,15,16)(H,12,13,14). The molecule has 5 heteroatoms. The van der Waals surface area contributed by atoms with Crippen molar-refractivity contribution in [2.45, 2.75) is 26.7 Å². The molecule has 16 heavy (non-hydrogen) atoms. The van der Waals surface area contributed by atoms with Crippen LogP contribution in [0.15, 0.2) is 12.4 Å². The smallest absolute Gasteiger partial charge is 0.305 e. The second-order valence-corrected chi connectivity index (χ2v) is 4.06. The average molecular weight is 223 g/mol. The van der Waals surface area contributed by atoms with Gasteiger partial charge in [-0.1, -0.05) is 13.8 Å². The minimum absolute atomic E-state index is 0.0868. The molecule has 0 fully saturated rings. The van der Waals surface area contributed by atoms with E-state index in [1.807, 2.05) is 6.07 Å². The van der Waals surface area contributed by atoms with Crippen LogP contribution in [0.3, 0.4) is 0 Å². The van der Waals surface area contributed by atoms with Crippen LogP contribution < -0.4 is 5.32 Å². The van der Waals surface area contributed by atoms with E-state index in [2.05, 4.69) is 29.1 Å². The first-order valence-electron chi connectivity index (χ1n) is 5.34. The predicted octanol–water partition coefficient (Wildman–Crippen LogP) is 1.56. The highest BCUT2D eigenvalue weighted by atomic mass is 16.4. The first-order chi connectivity index (χ1) is 7.58. The Bertz CT molecular complexity index is 353. The van der Waals surface area contributed by atoms with E-state index in [0.29, 0.717) is 18.3 Å². The number of aromatic nitrogens is 2. The Morgan fingerprint density at radius 1 is 1.50 bits per heavy atom. The van der Waals surface area contributed by atoms with Gasteiger partial charge in [0.25, 0.3) is 0 Å². The maximum absolute atomic E-state index is 10.3. The van der Waals surface area contributed by atoms with Crippen molar-refractivity contribution in [2.75, 3.05) is 11.9 Å². The third-order valence-corrected chi connectivity index (χ3v) is 1.99. The van der Waals surface area contributed by atoms with Crippen LogP contribution in [-0.4, -0.2) is 27.6 Å². The van der Waals surface area contributed by atoms with E-state index < -0.39 is 5.97 Å². The van der Waals surface area contributed by atoms with Gasteiger partial charge in [0.15, 0.2) is 0 Å². The van der Waals surface area contributed by atoms with Gasteiger partial charge in [-0.15, -0.1) is 0 Å². The van der Waals surface area contributed by atoms with Crippen LogP contribution in [0.4, 0.5) is 5.82 Å². The van der Waals surface area contributed by atoms with Gasteiger partial charge in [-0.3, -0.25) is 4.79 Å². The fraction of sp³-hybridized carbons (Fsp3) is 0.545. The van der Waals surface area contributed by atoms with Crippen molar-refractivity contribution in [3.05, 3.63) is 18.1 Å². The fourth-order valence-electron chi connectivity index (χ4n) is 1.32. The van der Waals surface area contributed by atoms with E-state index in [0.717, 1.165) is 12.1 Å². The number of nitrogens with zero attached hydrogens (tertiary/aromatic N) is 2. The molecule has 0 saturated carbocycles. The first-order valence-corrected chi connectivity index (χ1v) is 5.34. The molecule has 1 aromatic rings. The largest absolute Gasteiger partial charge is 0.481 e. The van der Waals surface area contributed by atoms with Crippen molar-refractivity contribution in [2.24, 2.45) is 5.92 Å². The molecule has 1 heterocycles. The van der Waals surface area contributed by atoms with Crippen molar-refractivity contribution >= 4 is 11.8 Å². The second-order valence-electron chi connectivity index (χ2n) is 4.06. The van der Waals surface area contributed by atoms with Crippen LogP contribution in [-0.2, 0) is 11.2 Å². The van der Waals surface area contributed by atoms with Gasteiger partial charge in [0.1, 0.15) is 12.1 Å². The minimum Gasteiger partial charge on any atom is -0.481 e. The van der Waals surface area contributed by atoms with E-state index in [1.54, 1.807) is 0 Å². The summed E-state index contributed by atoms with van der Waals surface area (Å²) in [5.41, 5.74) is 0.975. The van der Waals surface area contributed by atoms with Crippen LogP contribution in [0.5, 0.6) is 0 Å². The number of aliphatic carboxylic acids is 1. The Morgan fingerprint density at radius 3 is 2.88 bits per heavy atom. The summed E-state index contributed by atoms with van der Waals surface area (Å²) in [6.45, 7) is 4.63. The number of rotatable bonds is 6. The normalized spacial score (nSPS) is 10.4. The van der Waals surface area contributed by atoms with Crippen molar-refractivity contribution < 1.29 is 9.90 Å². The summed E-state index contributed by atoms with van der Waals surface area (Å²) in [5, 5.41) is 11.4. The molecule has 0 aliphatic heterocycles. The topological polar surface area (TPSA) is 75.1 Å². The monoisotopic (exact) mass is 223 g/mol. The zero-order valence-corrected chi connectivity index (χ0v) is 9.60. The number of carboxylic acid groups (broad SMARTS) is 1. The lowest BCUT2D eigenvalue weighted by Crippen LogP contribution is -2.09. The summed E-state index contributed by atoms with van der Waals surface area (Å²) < 4.78 is 0. The number of carboxylic acids is 1. The zero-order chi connectivity index (χ0) is 12.0. The van der Waals surface area contributed by atoms with E-state index in [9.17, 15) is 4.79 Å². The Labute approximate surface area is 94.9 Å². The van der Waals surface area contributed by atoms with Crippen molar-refractivity contribution in [3.63, 3.8) is 0 Å². The summed E-state index contributed by atoms with van der Waals surface area (Å²) in [6.07, 6.45) is 2.49. The number of hydrogen-bond donors (Lipinski definition) is 2. The Hall–Kier alpha value is -1.65. The van der Waals surface area contributed by atoms with E-state index in [1.165, 1.54) is 6.33 Å². The molecule has 1 rings (SSSR count). The maximum atomic E-state index is 10.3. The minimum atomic E-state index is -0.816. The van der Waals surface area contributed by atoms with E-state index in [4.69, 9.17) is 5.11 Å². The predicted molar refractivity (Wildman–Crippen MR) is 61.3 cm³/mol. The zero-order valence-electron chi connectivity index (χ0n) is 9.60. The highest BCUT2D eigenvalue weighted by Crippen LogP contribution is 2.08. The lowest BCUT2D eigenvalue weighted by molar-refractivity contribution is -0.136. The Morgan fingerprint density at radius 2 is 2.25 bits per heavy atom.